The number of carbonyl (C=O) groups is 1. The molecule has 94 valence electrons. The van der Waals surface area contributed by atoms with Crippen LogP contribution in [0.4, 0.5) is 4.39 Å². The molecular formula is C13H18FNO2. The van der Waals surface area contributed by atoms with Crippen LogP contribution in [0.5, 0.6) is 0 Å². The largest absolute Gasteiger partial charge is 0.481 e. The number of rotatable bonds is 6. The smallest absolute Gasteiger partial charge is 0.303 e. The summed E-state index contributed by atoms with van der Waals surface area (Å²) in [4.78, 5) is 12.6. The Morgan fingerprint density at radius 2 is 2.00 bits per heavy atom. The molecule has 3 nitrogen and oxygen atoms in total. The highest BCUT2D eigenvalue weighted by molar-refractivity contribution is 5.66. The first kappa shape index (κ1) is 13.6. The minimum Gasteiger partial charge on any atom is -0.481 e. The molecule has 1 atom stereocenters. The fourth-order valence-corrected chi connectivity index (χ4v) is 1.86. The van der Waals surface area contributed by atoms with Gasteiger partial charge in [0.05, 0.1) is 0 Å². The monoisotopic (exact) mass is 239 g/mol. The van der Waals surface area contributed by atoms with E-state index in [2.05, 4.69) is 0 Å². The molecule has 1 rings (SSSR count). The van der Waals surface area contributed by atoms with Gasteiger partial charge in [0.2, 0.25) is 0 Å². The van der Waals surface area contributed by atoms with Gasteiger partial charge in [-0.3, -0.25) is 4.79 Å². The Kier molecular flexibility index (Phi) is 5.10. The zero-order chi connectivity index (χ0) is 12.8. The zero-order valence-electron chi connectivity index (χ0n) is 10.2. The molecule has 0 aliphatic carbocycles. The first-order chi connectivity index (χ1) is 7.97. The predicted octanol–water partition coefficient (Wildman–Crippen LogP) is 2.37. The van der Waals surface area contributed by atoms with Crippen molar-refractivity contribution in [1.82, 2.24) is 4.90 Å². The third-order valence-corrected chi connectivity index (χ3v) is 2.51. The Morgan fingerprint density at radius 3 is 2.53 bits per heavy atom. The van der Waals surface area contributed by atoms with E-state index in [0.29, 0.717) is 13.1 Å². The van der Waals surface area contributed by atoms with Crippen molar-refractivity contribution in [2.75, 3.05) is 13.6 Å². The summed E-state index contributed by atoms with van der Waals surface area (Å²) in [6.07, 6.45) is 0.174. The van der Waals surface area contributed by atoms with Crippen LogP contribution in [-0.4, -0.2) is 29.6 Å². The van der Waals surface area contributed by atoms with Crippen LogP contribution < -0.4 is 0 Å². The molecular weight excluding hydrogens is 221 g/mol. The molecule has 0 saturated heterocycles. The van der Waals surface area contributed by atoms with E-state index >= 15 is 0 Å². The summed E-state index contributed by atoms with van der Waals surface area (Å²) in [5.41, 5.74) is 1.02. The molecule has 1 unspecified atom stereocenters. The normalized spacial score (nSPS) is 12.7. The summed E-state index contributed by atoms with van der Waals surface area (Å²) < 4.78 is 12.7. The van der Waals surface area contributed by atoms with Crippen LogP contribution in [0.1, 0.15) is 18.9 Å². The summed E-state index contributed by atoms with van der Waals surface area (Å²) in [6, 6.07) is 6.36. The average molecular weight is 239 g/mol. The summed E-state index contributed by atoms with van der Waals surface area (Å²) in [5.74, 6) is -0.902. The van der Waals surface area contributed by atoms with E-state index in [0.717, 1.165) is 5.56 Å². The van der Waals surface area contributed by atoms with Gasteiger partial charge in [-0.1, -0.05) is 19.1 Å². The van der Waals surface area contributed by atoms with Gasteiger partial charge >= 0.3 is 5.97 Å². The SMILES string of the molecule is CC(CC(=O)O)CN(C)Cc1ccc(F)cc1. The van der Waals surface area contributed by atoms with Crippen LogP contribution in [0.25, 0.3) is 0 Å². The Morgan fingerprint density at radius 1 is 1.41 bits per heavy atom. The fourth-order valence-electron chi connectivity index (χ4n) is 1.86. The van der Waals surface area contributed by atoms with Crippen LogP contribution >= 0.6 is 0 Å². The van der Waals surface area contributed by atoms with Crippen molar-refractivity contribution in [3.63, 3.8) is 0 Å². The molecule has 0 amide bonds. The highest BCUT2D eigenvalue weighted by atomic mass is 19.1. The van der Waals surface area contributed by atoms with Crippen molar-refractivity contribution in [1.29, 1.82) is 0 Å². The van der Waals surface area contributed by atoms with E-state index in [-0.39, 0.29) is 18.2 Å². The number of benzene rings is 1. The first-order valence-corrected chi connectivity index (χ1v) is 5.62. The minimum atomic E-state index is -0.771. The van der Waals surface area contributed by atoms with E-state index < -0.39 is 5.97 Å². The van der Waals surface area contributed by atoms with Gasteiger partial charge in [0.25, 0.3) is 0 Å². The molecule has 0 bridgehead atoms. The maximum absolute atomic E-state index is 12.7. The number of carboxylic acids is 1. The Bertz CT molecular complexity index is 364. The van der Waals surface area contributed by atoms with Gasteiger partial charge in [-0.05, 0) is 30.7 Å². The van der Waals surface area contributed by atoms with Crippen molar-refractivity contribution >= 4 is 5.97 Å². The van der Waals surface area contributed by atoms with E-state index in [4.69, 9.17) is 5.11 Å². The van der Waals surface area contributed by atoms with Crippen molar-refractivity contribution < 1.29 is 14.3 Å². The van der Waals surface area contributed by atoms with Crippen LogP contribution in [0.3, 0.4) is 0 Å². The molecule has 0 aliphatic heterocycles. The van der Waals surface area contributed by atoms with E-state index in [9.17, 15) is 9.18 Å². The molecule has 0 aliphatic rings. The predicted molar refractivity (Wildman–Crippen MR) is 64.2 cm³/mol. The first-order valence-electron chi connectivity index (χ1n) is 5.62. The Balaban J connectivity index is 2.41. The molecule has 0 aromatic heterocycles. The minimum absolute atomic E-state index is 0.109. The standard InChI is InChI=1S/C13H18FNO2/c1-10(7-13(16)17)8-15(2)9-11-3-5-12(14)6-4-11/h3-6,10H,7-9H2,1-2H3,(H,16,17). The highest BCUT2D eigenvalue weighted by Gasteiger charge is 2.10. The Labute approximate surface area is 101 Å². The summed E-state index contributed by atoms with van der Waals surface area (Å²) in [7, 11) is 1.93. The summed E-state index contributed by atoms with van der Waals surface area (Å²) in [6.45, 7) is 3.32. The molecule has 0 saturated carbocycles. The summed E-state index contributed by atoms with van der Waals surface area (Å²) in [5, 5.41) is 8.66. The number of halogens is 1. The molecule has 1 aromatic carbocycles. The number of nitrogens with zero attached hydrogens (tertiary/aromatic N) is 1. The van der Waals surface area contributed by atoms with Crippen molar-refractivity contribution in [2.24, 2.45) is 5.92 Å². The van der Waals surface area contributed by atoms with Crippen molar-refractivity contribution in [2.45, 2.75) is 19.9 Å². The van der Waals surface area contributed by atoms with Gasteiger partial charge in [0.1, 0.15) is 5.82 Å². The molecule has 1 aromatic rings. The van der Waals surface area contributed by atoms with Crippen molar-refractivity contribution in [3.05, 3.63) is 35.6 Å². The molecule has 0 radical (unpaired) electrons. The van der Waals surface area contributed by atoms with Gasteiger partial charge < -0.3 is 10.0 Å². The maximum atomic E-state index is 12.7. The molecule has 0 fully saturated rings. The average Bonchev–Trinajstić information content (AvgIpc) is 2.19. The zero-order valence-corrected chi connectivity index (χ0v) is 10.2. The van der Waals surface area contributed by atoms with Crippen LogP contribution in [-0.2, 0) is 11.3 Å². The second kappa shape index (κ2) is 6.35. The lowest BCUT2D eigenvalue weighted by atomic mass is 10.1. The van der Waals surface area contributed by atoms with Crippen LogP contribution in [0, 0.1) is 11.7 Å². The van der Waals surface area contributed by atoms with Gasteiger partial charge in [-0.15, -0.1) is 0 Å². The van der Waals surface area contributed by atoms with Crippen molar-refractivity contribution in [3.8, 4) is 0 Å². The lowest BCUT2D eigenvalue weighted by Crippen LogP contribution is -2.25. The van der Waals surface area contributed by atoms with E-state index in [1.807, 2.05) is 18.9 Å². The van der Waals surface area contributed by atoms with Crippen LogP contribution in [0.15, 0.2) is 24.3 Å². The number of hydrogen-bond acceptors (Lipinski definition) is 2. The van der Waals surface area contributed by atoms with Gasteiger partial charge in [0.15, 0.2) is 0 Å². The van der Waals surface area contributed by atoms with Gasteiger partial charge in [-0.25, -0.2) is 4.39 Å². The fraction of sp³-hybridized carbons (Fsp3) is 0.462. The molecule has 17 heavy (non-hydrogen) atoms. The third kappa shape index (κ3) is 5.45. The number of aliphatic carboxylic acids is 1. The topological polar surface area (TPSA) is 40.5 Å². The molecule has 0 heterocycles. The van der Waals surface area contributed by atoms with Gasteiger partial charge in [-0.2, -0.15) is 0 Å². The molecule has 0 spiro atoms. The number of carboxylic acid groups (broad SMARTS) is 1. The Hall–Kier alpha value is -1.42. The maximum Gasteiger partial charge on any atom is 0.303 e. The van der Waals surface area contributed by atoms with E-state index in [1.54, 1.807) is 12.1 Å². The lowest BCUT2D eigenvalue weighted by Gasteiger charge is -2.20. The van der Waals surface area contributed by atoms with Crippen LogP contribution in [0.2, 0.25) is 0 Å². The second-order valence-electron chi connectivity index (χ2n) is 4.53. The lowest BCUT2D eigenvalue weighted by molar-refractivity contribution is -0.138. The molecule has 1 N–H and O–H groups in total. The third-order valence-electron chi connectivity index (χ3n) is 2.51. The second-order valence-corrected chi connectivity index (χ2v) is 4.53. The number of hydrogen-bond donors (Lipinski definition) is 1. The summed E-state index contributed by atoms with van der Waals surface area (Å²) >= 11 is 0. The van der Waals surface area contributed by atoms with Gasteiger partial charge in [0, 0.05) is 19.5 Å². The van der Waals surface area contributed by atoms with E-state index in [1.165, 1.54) is 12.1 Å². The molecule has 4 heteroatoms. The quantitative estimate of drug-likeness (QED) is 0.828. The highest BCUT2D eigenvalue weighted by Crippen LogP contribution is 2.09.